The Balaban J connectivity index is 2.10. The van der Waals surface area contributed by atoms with Gasteiger partial charge in [-0.1, -0.05) is 6.92 Å². The van der Waals surface area contributed by atoms with Crippen LogP contribution in [0.1, 0.15) is 61.1 Å². The summed E-state index contributed by atoms with van der Waals surface area (Å²) in [5.74, 6) is -0.0636. The highest BCUT2D eigenvalue weighted by Crippen LogP contribution is 2.36. The van der Waals surface area contributed by atoms with E-state index in [2.05, 4.69) is 15.0 Å². The number of ether oxygens (including phenoxy) is 3. The van der Waals surface area contributed by atoms with Crippen molar-refractivity contribution < 1.29 is 28.9 Å². The predicted octanol–water partition coefficient (Wildman–Crippen LogP) is 4.07. The Morgan fingerprint density at radius 2 is 1.76 bits per heavy atom. The van der Waals surface area contributed by atoms with Crippen molar-refractivity contribution in [1.82, 2.24) is 19.5 Å². The lowest BCUT2D eigenvalue weighted by Gasteiger charge is -2.28. The number of hydrogen-bond donors (Lipinski definition) is 1. The van der Waals surface area contributed by atoms with Crippen LogP contribution in [0.3, 0.4) is 0 Å². The van der Waals surface area contributed by atoms with Gasteiger partial charge in [0.2, 0.25) is 5.28 Å². The Morgan fingerprint density at radius 3 is 2.24 bits per heavy atom. The van der Waals surface area contributed by atoms with Crippen molar-refractivity contribution in [2.75, 3.05) is 11.5 Å². The van der Waals surface area contributed by atoms with E-state index in [0.29, 0.717) is 11.3 Å². The van der Waals surface area contributed by atoms with Gasteiger partial charge in [0.15, 0.2) is 17.0 Å². The zero-order valence-electron chi connectivity index (χ0n) is 19.8. The number of imidazole rings is 1. The van der Waals surface area contributed by atoms with Gasteiger partial charge in [0.25, 0.3) is 0 Å². The van der Waals surface area contributed by atoms with Gasteiger partial charge in [0.05, 0.1) is 19.0 Å². The number of carbonyl (C=O) groups excluding carboxylic acids is 2. The molecule has 12 heteroatoms. The molecule has 3 rings (SSSR count). The molecular weight excluding hydrogens is 454 g/mol. The molecule has 0 aliphatic carbocycles. The Morgan fingerprint density at radius 1 is 1.18 bits per heavy atom. The van der Waals surface area contributed by atoms with Gasteiger partial charge in [-0.05, 0) is 65.5 Å². The quantitative estimate of drug-likeness (QED) is 0.642. The number of carbonyl (C=O) groups is 2. The van der Waals surface area contributed by atoms with Crippen LogP contribution in [0.4, 0.5) is 15.4 Å². The number of hydrogen-bond acceptors (Lipinski definition) is 9. The SMILES string of the molecule is C[C@H]1C[C@H](n2cnc3c(N(C(=O)OC(C)(C)C)C(=O)OC(C)(C)C)nc(Cl)nc32)O[C@@H]1CO. The van der Waals surface area contributed by atoms with Gasteiger partial charge in [-0.2, -0.15) is 14.9 Å². The molecule has 0 unspecified atom stereocenters. The third-order valence-corrected chi connectivity index (χ3v) is 4.94. The number of aliphatic hydroxyl groups is 1. The molecule has 3 atom stereocenters. The van der Waals surface area contributed by atoms with Gasteiger partial charge in [-0.3, -0.25) is 4.57 Å². The third-order valence-electron chi connectivity index (χ3n) is 4.77. The highest BCUT2D eigenvalue weighted by molar-refractivity contribution is 6.29. The standard InChI is InChI=1S/C21H30ClN5O6/c1-11-8-13(31-12(11)9-28)26-10-23-14-15(26)24-17(22)25-16(14)27(18(29)32-20(2,3)4)19(30)33-21(5,6)7/h10-13,28H,8-9H2,1-7H3/t11-,12+,13+/m0/s1. The van der Waals surface area contributed by atoms with E-state index in [9.17, 15) is 14.7 Å². The van der Waals surface area contributed by atoms with Gasteiger partial charge < -0.3 is 19.3 Å². The lowest BCUT2D eigenvalue weighted by Crippen LogP contribution is -2.44. The van der Waals surface area contributed by atoms with Crippen molar-refractivity contribution in [2.45, 2.75) is 78.4 Å². The number of fused-ring (bicyclic) bond motifs is 1. The zero-order valence-corrected chi connectivity index (χ0v) is 20.6. The number of anilines is 1. The van der Waals surface area contributed by atoms with E-state index in [-0.39, 0.29) is 40.9 Å². The maximum atomic E-state index is 13.0. The molecule has 182 valence electrons. The first-order chi connectivity index (χ1) is 15.2. The Kier molecular flexibility index (Phi) is 6.88. The Hall–Kier alpha value is -2.50. The molecule has 0 bridgehead atoms. The summed E-state index contributed by atoms with van der Waals surface area (Å²) in [5.41, 5.74) is -1.38. The third kappa shape index (κ3) is 5.71. The largest absolute Gasteiger partial charge is 0.443 e. The fraction of sp³-hybridized carbons (Fsp3) is 0.667. The van der Waals surface area contributed by atoms with Crippen LogP contribution in [0.25, 0.3) is 11.2 Å². The molecule has 0 spiro atoms. The molecule has 1 saturated heterocycles. The molecule has 0 saturated carbocycles. The molecular formula is C21H30ClN5O6. The summed E-state index contributed by atoms with van der Waals surface area (Å²) in [7, 11) is 0. The molecule has 2 aromatic rings. The van der Waals surface area contributed by atoms with Crippen molar-refractivity contribution in [3.8, 4) is 0 Å². The van der Waals surface area contributed by atoms with Crippen molar-refractivity contribution in [2.24, 2.45) is 5.92 Å². The van der Waals surface area contributed by atoms with Crippen molar-refractivity contribution in [1.29, 1.82) is 0 Å². The van der Waals surface area contributed by atoms with Gasteiger partial charge in [0, 0.05) is 0 Å². The molecule has 2 aromatic heterocycles. The second-order valence-corrected chi connectivity index (χ2v) is 10.3. The summed E-state index contributed by atoms with van der Waals surface area (Å²) in [4.78, 5) is 39.4. The van der Waals surface area contributed by atoms with Crippen LogP contribution in [-0.4, -0.2) is 60.7 Å². The molecule has 3 heterocycles. The zero-order chi connectivity index (χ0) is 24.7. The lowest BCUT2D eigenvalue weighted by molar-refractivity contribution is -0.0277. The summed E-state index contributed by atoms with van der Waals surface area (Å²) < 4.78 is 18.4. The van der Waals surface area contributed by atoms with E-state index in [4.69, 9.17) is 25.8 Å². The van der Waals surface area contributed by atoms with Crippen molar-refractivity contribution >= 4 is 40.8 Å². The molecule has 11 nitrogen and oxygen atoms in total. The summed E-state index contributed by atoms with van der Waals surface area (Å²) in [6, 6.07) is 0. The van der Waals surface area contributed by atoms with Crippen LogP contribution in [0.15, 0.2) is 6.33 Å². The molecule has 1 aliphatic rings. The minimum absolute atomic E-state index is 0.106. The van der Waals surface area contributed by atoms with Crippen molar-refractivity contribution in [3.05, 3.63) is 11.6 Å². The number of aliphatic hydroxyl groups excluding tert-OH is 1. The minimum atomic E-state index is -0.992. The minimum Gasteiger partial charge on any atom is -0.443 e. The van der Waals surface area contributed by atoms with Crippen LogP contribution in [0.2, 0.25) is 5.28 Å². The first kappa shape index (κ1) is 25.1. The number of amides is 2. The number of nitrogens with zero attached hydrogens (tertiary/aromatic N) is 5. The van der Waals surface area contributed by atoms with Gasteiger partial charge >= 0.3 is 12.2 Å². The number of imide groups is 1. The normalized spacial score (nSPS) is 21.3. The summed E-state index contributed by atoms with van der Waals surface area (Å²) in [6.45, 7) is 11.9. The number of rotatable bonds is 3. The van der Waals surface area contributed by atoms with E-state index in [0.717, 1.165) is 0 Å². The van der Waals surface area contributed by atoms with Crippen LogP contribution in [-0.2, 0) is 14.2 Å². The predicted molar refractivity (Wildman–Crippen MR) is 120 cm³/mol. The maximum Gasteiger partial charge on any atom is 0.425 e. The van der Waals surface area contributed by atoms with Gasteiger partial charge in [-0.25, -0.2) is 14.6 Å². The second kappa shape index (κ2) is 9.03. The highest BCUT2D eigenvalue weighted by atomic mass is 35.5. The second-order valence-electron chi connectivity index (χ2n) is 9.96. The molecule has 0 radical (unpaired) electrons. The van der Waals surface area contributed by atoms with Gasteiger partial charge in [0.1, 0.15) is 17.4 Å². The lowest BCUT2D eigenvalue weighted by atomic mass is 10.0. The fourth-order valence-corrected chi connectivity index (χ4v) is 3.53. The summed E-state index contributed by atoms with van der Waals surface area (Å²) >= 11 is 6.19. The fourth-order valence-electron chi connectivity index (χ4n) is 3.37. The first-order valence-electron chi connectivity index (χ1n) is 10.6. The van der Waals surface area contributed by atoms with Crippen LogP contribution >= 0.6 is 11.6 Å². The van der Waals surface area contributed by atoms with Crippen molar-refractivity contribution in [3.63, 3.8) is 0 Å². The molecule has 0 aromatic carbocycles. The van der Waals surface area contributed by atoms with Gasteiger partial charge in [-0.15, -0.1) is 0 Å². The molecule has 1 fully saturated rings. The van der Waals surface area contributed by atoms with Crippen LogP contribution in [0, 0.1) is 5.92 Å². The Labute approximate surface area is 197 Å². The molecule has 2 amide bonds. The maximum absolute atomic E-state index is 13.0. The topological polar surface area (TPSA) is 129 Å². The number of halogens is 1. The van der Waals surface area contributed by atoms with E-state index >= 15 is 0 Å². The van der Waals surface area contributed by atoms with E-state index in [1.54, 1.807) is 46.1 Å². The smallest absolute Gasteiger partial charge is 0.425 e. The molecule has 33 heavy (non-hydrogen) atoms. The Bertz CT molecular complexity index is 1020. The molecule has 1 N–H and O–H groups in total. The van der Waals surface area contributed by atoms with E-state index < -0.39 is 29.6 Å². The number of aromatic nitrogens is 4. The summed E-state index contributed by atoms with van der Waals surface area (Å²) in [6.07, 6.45) is -0.697. The van der Waals surface area contributed by atoms with Crippen LogP contribution in [0.5, 0.6) is 0 Å². The molecule has 1 aliphatic heterocycles. The van der Waals surface area contributed by atoms with Crippen LogP contribution < -0.4 is 4.90 Å². The highest BCUT2D eigenvalue weighted by Gasteiger charge is 2.38. The monoisotopic (exact) mass is 483 g/mol. The average Bonchev–Trinajstić information content (AvgIpc) is 3.21. The van der Waals surface area contributed by atoms with E-state index in [1.807, 2.05) is 6.92 Å². The summed E-state index contributed by atoms with van der Waals surface area (Å²) in [5, 5.41) is 9.32. The van der Waals surface area contributed by atoms with E-state index in [1.165, 1.54) is 6.33 Å². The first-order valence-corrected chi connectivity index (χ1v) is 11.0. The average molecular weight is 484 g/mol.